The van der Waals surface area contributed by atoms with Crippen molar-refractivity contribution < 1.29 is 9.59 Å². The molecule has 2 rings (SSSR count). The van der Waals surface area contributed by atoms with Crippen LogP contribution >= 0.6 is 11.6 Å². The molecule has 0 radical (unpaired) electrons. The third-order valence-electron chi connectivity index (χ3n) is 3.35. The minimum absolute atomic E-state index is 0.0580. The number of anilines is 1. The number of carbonyl (C=O) groups is 2. The fraction of sp³-hybridized carbons (Fsp3) is 0.500. The van der Waals surface area contributed by atoms with Crippen molar-refractivity contribution in [3.63, 3.8) is 0 Å². The van der Waals surface area contributed by atoms with Gasteiger partial charge in [0.05, 0.1) is 10.9 Å². The molecule has 5 nitrogen and oxygen atoms in total. The van der Waals surface area contributed by atoms with Gasteiger partial charge >= 0.3 is 0 Å². The summed E-state index contributed by atoms with van der Waals surface area (Å²) in [5.41, 5.74) is 0. The minimum Gasteiger partial charge on any atom is -0.342 e. The van der Waals surface area contributed by atoms with E-state index in [1.165, 1.54) is 6.20 Å². The Morgan fingerprint density at radius 3 is 3.00 bits per heavy atom. The Bertz CT molecular complexity index is 490. The fourth-order valence-electron chi connectivity index (χ4n) is 2.19. The first-order valence-corrected chi connectivity index (χ1v) is 7.18. The zero-order chi connectivity index (χ0) is 14.5. The van der Waals surface area contributed by atoms with Crippen molar-refractivity contribution in [1.29, 1.82) is 0 Å². The lowest BCUT2D eigenvalue weighted by molar-refractivity contribution is -0.128. The maximum atomic E-state index is 12.1. The number of nitrogens with one attached hydrogen (secondary N) is 1. The Kier molecular flexibility index (Phi) is 4.95. The highest BCUT2D eigenvalue weighted by molar-refractivity contribution is 6.30. The van der Waals surface area contributed by atoms with Crippen LogP contribution in [0.3, 0.4) is 0 Å². The van der Waals surface area contributed by atoms with E-state index in [0.717, 1.165) is 19.4 Å². The third kappa shape index (κ3) is 3.70. The smallest absolute Gasteiger partial charge is 0.230 e. The van der Waals surface area contributed by atoms with Gasteiger partial charge in [-0.05, 0) is 18.6 Å². The molecule has 0 saturated carbocycles. The summed E-state index contributed by atoms with van der Waals surface area (Å²) in [6.45, 7) is 3.31. The van der Waals surface area contributed by atoms with E-state index in [4.69, 9.17) is 11.6 Å². The molecule has 1 unspecified atom stereocenters. The molecule has 1 aliphatic rings. The summed E-state index contributed by atoms with van der Waals surface area (Å²) in [6, 6.07) is 3.31. The SMILES string of the molecule is CCCCN1CC(C(=O)Nc2ccc(Cl)cn2)CC1=O. The zero-order valence-electron chi connectivity index (χ0n) is 11.4. The van der Waals surface area contributed by atoms with Crippen molar-refractivity contribution in [2.75, 3.05) is 18.4 Å². The van der Waals surface area contributed by atoms with Gasteiger partial charge in [-0.2, -0.15) is 0 Å². The first-order valence-electron chi connectivity index (χ1n) is 6.80. The number of nitrogens with zero attached hydrogens (tertiary/aromatic N) is 2. The average Bonchev–Trinajstić information content (AvgIpc) is 2.80. The number of hydrogen-bond donors (Lipinski definition) is 1. The second kappa shape index (κ2) is 6.70. The lowest BCUT2D eigenvalue weighted by atomic mass is 10.1. The first kappa shape index (κ1) is 14.8. The van der Waals surface area contributed by atoms with Crippen LogP contribution in [-0.2, 0) is 9.59 Å². The summed E-state index contributed by atoms with van der Waals surface area (Å²) in [6.07, 6.45) is 3.77. The second-order valence-corrected chi connectivity index (χ2v) is 5.38. The quantitative estimate of drug-likeness (QED) is 0.907. The summed E-state index contributed by atoms with van der Waals surface area (Å²) in [5.74, 6) is 0.0607. The van der Waals surface area contributed by atoms with E-state index in [-0.39, 0.29) is 24.2 Å². The van der Waals surface area contributed by atoms with Gasteiger partial charge in [-0.1, -0.05) is 24.9 Å². The Morgan fingerprint density at radius 1 is 1.55 bits per heavy atom. The van der Waals surface area contributed by atoms with E-state index in [1.807, 2.05) is 0 Å². The predicted molar refractivity (Wildman–Crippen MR) is 77.5 cm³/mol. The number of pyridine rings is 1. The Labute approximate surface area is 123 Å². The zero-order valence-corrected chi connectivity index (χ0v) is 12.2. The number of unbranched alkanes of at least 4 members (excludes halogenated alkanes) is 1. The van der Waals surface area contributed by atoms with Gasteiger partial charge < -0.3 is 10.2 Å². The van der Waals surface area contributed by atoms with E-state index < -0.39 is 0 Å². The minimum atomic E-state index is -0.295. The molecule has 108 valence electrons. The number of rotatable bonds is 5. The number of likely N-dealkylation sites (tertiary alicyclic amines) is 1. The lowest BCUT2D eigenvalue weighted by Gasteiger charge is -2.15. The van der Waals surface area contributed by atoms with E-state index in [0.29, 0.717) is 17.4 Å². The van der Waals surface area contributed by atoms with E-state index in [1.54, 1.807) is 17.0 Å². The molecule has 0 spiro atoms. The first-order chi connectivity index (χ1) is 9.60. The van der Waals surface area contributed by atoms with Crippen LogP contribution in [0.2, 0.25) is 5.02 Å². The van der Waals surface area contributed by atoms with Gasteiger partial charge in [0.15, 0.2) is 0 Å². The van der Waals surface area contributed by atoms with Crippen LogP contribution in [0.25, 0.3) is 0 Å². The molecule has 2 amide bonds. The molecular formula is C14H18ClN3O2. The largest absolute Gasteiger partial charge is 0.342 e. The van der Waals surface area contributed by atoms with Gasteiger partial charge in [0.2, 0.25) is 11.8 Å². The molecule has 1 atom stereocenters. The summed E-state index contributed by atoms with van der Waals surface area (Å²) >= 11 is 5.74. The van der Waals surface area contributed by atoms with Crippen molar-refractivity contribution in [2.45, 2.75) is 26.2 Å². The Balaban J connectivity index is 1.90. The van der Waals surface area contributed by atoms with Gasteiger partial charge in [-0.3, -0.25) is 9.59 Å². The van der Waals surface area contributed by atoms with Gasteiger partial charge in [0.1, 0.15) is 5.82 Å². The molecule has 1 aromatic rings. The van der Waals surface area contributed by atoms with Crippen LogP contribution < -0.4 is 5.32 Å². The van der Waals surface area contributed by atoms with Crippen LogP contribution in [0.15, 0.2) is 18.3 Å². The monoisotopic (exact) mass is 295 g/mol. The molecule has 1 aliphatic heterocycles. The summed E-state index contributed by atoms with van der Waals surface area (Å²) in [5, 5.41) is 3.24. The molecule has 6 heteroatoms. The van der Waals surface area contributed by atoms with Crippen LogP contribution in [0, 0.1) is 5.92 Å². The molecule has 1 aromatic heterocycles. The molecule has 20 heavy (non-hydrogen) atoms. The molecule has 0 bridgehead atoms. The molecule has 1 N–H and O–H groups in total. The van der Waals surface area contributed by atoms with Crippen molar-refractivity contribution in [3.05, 3.63) is 23.4 Å². The molecule has 2 heterocycles. The third-order valence-corrected chi connectivity index (χ3v) is 3.57. The van der Waals surface area contributed by atoms with Crippen molar-refractivity contribution in [2.24, 2.45) is 5.92 Å². The summed E-state index contributed by atoms with van der Waals surface area (Å²) in [7, 11) is 0. The Hall–Kier alpha value is -1.62. The number of aromatic nitrogens is 1. The highest BCUT2D eigenvalue weighted by Gasteiger charge is 2.33. The van der Waals surface area contributed by atoms with Crippen LogP contribution in [-0.4, -0.2) is 34.8 Å². The molecule has 0 aromatic carbocycles. The van der Waals surface area contributed by atoms with Crippen LogP contribution in [0.1, 0.15) is 26.2 Å². The van der Waals surface area contributed by atoms with Crippen LogP contribution in [0.4, 0.5) is 5.82 Å². The topological polar surface area (TPSA) is 62.3 Å². The summed E-state index contributed by atoms with van der Waals surface area (Å²) in [4.78, 5) is 29.7. The number of carbonyl (C=O) groups excluding carboxylic acids is 2. The molecule has 1 saturated heterocycles. The highest BCUT2D eigenvalue weighted by Crippen LogP contribution is 2.20. The number of halogens is 1. The van der Waals surface area contributed by atoms with Crippen LogP contribution in [0.5, 0.6) is 0 Å². The molecule has 0 aliphatic carbocycles. The standard InChI is InChI=1S/C14H18ClN3O2/c1-2-3-6-18-9-10(7-13(18)19)14(20)17-12-5-4-11(15)8-16-12/h4-5,8,10H,2-3,6-7,9H2,1H3,(H,16,17,20). The van der Waals surface area contributed by atoms with Gasteiger partial charge in [-0.15, -0.1) is 0 Å². The summed E-state index contributed by atoms with van der Waals surface area (Å²) < 4.78 is 0. The normalized spacial score (nSPS) is 18.4. The van der Waals surface area contributed by atoms with Gasteiger partial charge in [-0.25, -0.2) is 4.98 Å². The van der Waals surface area contributed by atoms with Gasteiger partial charge in [0.25, 0.3) is 0 Å². The van der Waals surface area contributed by atoms with Crippen molar-refractivity contribution in [3.8, 4) is 0 Å². The maximum Gasteiger partial charge on any atom is 0.230 e. The second-order valence-electron chi connectivity index (χ2n) is 4.95. The van der Waals surface area contributed by atoms with Gasteiger partial charge in [0, 0.05) is 25.7 Å². The maximum absolute atomic E-state index is 12.1. The highest BCUT2D eigenvalue weighted by atomic mass is 35.5. The fourth-order valence-corrected chi connectivity index (χ4v) is 2.30. The van der Waals surface area contributed by atoms with Crippen molar-refractivity contribution >= 4 is 29.2 Å². The molecule has 1 fully saturated rings. The van der Waals surface area contributed by atoms with E-state index in [2.05, 4.69) is 17.2 Å². The predicted octanol–water partition coefficient (Wildman–Crippen LogP) is 2.32. The number of amides is 2. The van der Waals surface area contributed by atoms with E-state index in [9.17, 15) is 9.59 Å². The lowest BCUT2D eigenvalue weighted by Crippen LogP contribution is -2.29. The molecular weight excluding hydrogens is 278 g/mol. The Morgan fingerprint density at radius 2 is 2.35 bits per heavy atom. The average molecular weight is 296 g/mol. The van der Waals surface area contributed by atoms with E-state index >= 15 is 0 Å². The van der Waals surface area contributed by atoms with Crippen molar-refractivity contribution in [1.82, 2.24) is 9.88 Å². The number of hydrogen-bond acceptors (Lipinski definition) is 3.